The zero-order valence-electron chi connectivity index (χ0n) is 8.84. The lowest BCUT2D eigenvalue weighted by Gasteiger charge is -2.09. The number of esters is 1. The van der Waals surface area contributed by atoms with Crippen LogP contribution >= 0.6 is 15.9 Å². The molecule has 0 N–H and O–H groups in total. The summed E-state index contributed by atoms with van der Waals surface area (Å²) in [6.07, 6.45) is -3.44. The lowest BCUT2D eigenvalue weighted by molar-refractivity contribution is -0.142. The minimum Gasteiger partial charge on any atom is -0.466 e. The maximum Gasteiger partial charge on any atom is 0.310 e. The van der Waals surface area contributed by atoms with E-state index in [2.05, 4.69) is 25.7 Å². The molecular formula is C10H9BrF3NO2. The third-order valence-corrected chi connectivity index (χ3v) is 2.33. The molecular weight excluding hydrogens is 303 g/mol. The lowest BCUT2D eigenvalue weighted by Crippen LogP contribution is -2.11. The van der Waals surface area contributed by atoms with Crippen molar-refractivity contribution in [2.45, 2.75) is 19.8 Å². The van der Waals surface area contributed by atoms with Crippen molar-refractivity contribution in [3.63, 3.8) is 0 Å². The topological polar surface area (TPSA) is 39.2 Å². The van der Waals surface area contributed by atoms with E-state index in [9.17, 15) is 18.0 Å². The van der Waals surface area contributed by atoms with Gasteiger partial charge in [0.05, 0.1) is 18.6 Å². The molecule has 1 aromatic rings. The molecule has 0 amide bonds. The van der Waals surface area contributed by atoms with E-state index in [4.69, 9.17) is 0 Å². The van der Waals surface area contributed by atoms with Crippen molar-refractivity contribution in [1.29, 1.82) is 0 Å². The molecule has 0 unspecified atom stereocenters. The fourth-order valence-electron chi connectivity index (χ4n) is 1.28. The number of carbonyl (C=O) groups is 1. The van der Waals surface area contributed by atoms with Crippen LogP contribution in [0.4, 0.5) is 13.2 Å². The maximum atomic E-state index is 13.2. The molecule has 0 radical (unpaired) electrons. The van der Waals surface area contributed by atoms with Crippen LogP contribution in [0.15, 0.2) is 10.7 Å². The van der Waals surface area contributed by atoms with Crippen LogP contribution in [0.1, 0.15) is 24.5 Å². The summed E-state index contributed by atoms with van der Waals surface area (Å²) in [7, 11) is 0. The molecule has 0 aliphatic rings. The average Bonchev–Trinajstić information content (AvgIpc) is 2.15. The van der Waals surface area contributed by atoms with Crippen LogP contribution in [0, 0.1) is 5.95 Å². The Hall–Kier alpha value is -1.11. The van der Waals surface area contributed by atoms with Crippen molar-refractivity contribution < 1.29 is 22.7 Å². The molecule has 3 nitrogen and oxygen atoms in total. The zero-order valence-corrected chi connectivity index (χ0v) is 10.4. The molecule has 17 heavy (non-hydrogen) atoms. The van der Waals surface area contributed by atoms with Gasteiger partial charge in [-0.05, 0) is 34.5 Å². The summed E-state index contributed by atoms with van der Waals surface area (Å²) < 4.78 is 43.1. The SMILES string of the molecule is CCOC(=O)Cc1cc(Br)nc(F)c1C(F)F. The van der Waals surface area contributed by atoms with Gasteiger partial charge < -0.3 is 4.74 Å². The van der Waals surface area contributed by atoms with Crippen molar-refractivity contribution in [2.75, 3.05) is 6.61 Å². The number of ether oxygens (including phenoxy) is 1. The van der Waals surface area contributed by atoms with Gasteiger partial charge in [-0.25, -0.2) is 13.8 Å². The van der Waals surface area contributed by atoms with Gasteiger partial charge in [-0.3, -0.25) is 4.79 Å². The summed E-state index contributed by atoms with van der Waals surface area (Å²) in [5.74, 6) is -1.97. The number of alkyl halides is 2. The molecule has 7 heteroatoms. The quantitative estimate of drug-likeness (QED) is 0.634. The second kappa shape index (κ2) is 6.00. The minimum absolute atomic E-state index is 0.0544. The Morgan fingerprint density at radius 2 is 2.24 bits per heavy atom. The van der Waals surface area contributed by atoms with E-state index in [1.807, 2.05) is 0 Å². The zero-order chi connectivity index (χ0) is 13.0. The van der Waals surface area contributed by atoms with Gasteiger partial charge in [0.1, 0.15) is 4.60 Å². The average molecular weight is 312 g/mol. The van der Waals surface area contributed by atoms with E-state index >= 15 is 0 Å². The van der Waals surface area contributed by atoms with E-state index in [0.717, 1.165) is 0 Å². The third kappa shape index (κ3) is 3.69. The number of aromatic nitrogens is 1. The number of hydrogen-bond acceptors (Lipinski definition) is 3. The maximum absolute atomic E-state index is 13.2. The molecule has 0 aliphatic carbocycles. The monoisotopic (exact) mass is 311 g/mol. The molecule has 0 saturated heterocycles. The second-order valence-corrected chi connectivity index (χ2v) is 3.90. The highest BCUT2D eigenvalue weighted by atomic mass is 79.9. The van der Waals surface area contributed by atoms with Crippen molar-refractivity contribution >= 4 is 21.9 Å². The molecule has 1 rings (SSSR count). The van der Waals surface area contributed by atoms with Crippen LogP contribution in [0.2, 0.25) is 0 Å². The molecule has 1 heterocycles. The molecule has 0 spiro atoms. The van der Waals surface area contributed by atoms with E-state index < -0.39 is 30.3 Å². The van der Waals surface area contributed by atoms with Crippen LogP contribution < -0.4 is 0 Å². The van der Waals surface area contributed by atoms with Crippen molar-refractivity contribution in [2.24, 2.45) is 0 Å². The number of hydrogen-bond donors (Lipinski definition) is 0. The van der Waals surface area contributed by atoms with Gasteiger partial charge in [-0.15, -0.1) is 0 Å². The van der Waals surface area contributed by atoms with Crippen LogP contribution in [0.25, 0.3) is 0 Å². The van der Waals surface area contributed by atoms with Gasteiger partial charge in [-0.1, -0.05) is 0 Å². The van der Waals surface area contributed by atoms with Crippen molar-refractivity contribution in [1.82, 2.24) is 4.98 Å². The molecule has 0 aromatic carbocycles. The smallest absolute Gasteiger partial charge is 0.310 e. The van der Waals surface area contributed by atoms with Crippen LogP contribution in [-0.2, 0) is 16.0 Å². The van der Waals surface area contributed by atoms with Gasteiger partial charge >= 0.3 is 5.97 Å². The summed E-state index contributed by atoms with van der Waals surface area (Å²) in [5.41, 5.74) is -0.987. The predicted molar refractivity (Wildman–Crippen MR) is 57.2 cm³/mol. The lowest BCUT2D eigenvalue weighted by atomic mass is 10.1. The second-order valence-electron chi connectivity index (χ2n) is 3.09. The first kappa shape index (κ1) is 14.0. The Labute approximate surface area is 104 Å². The van der Waals surface area contributed by atoms with Crippen molar-refractivity contribution in [3.05, 3.63) is 27.7 Å². The summed E-state index contributed by atoms with van der Waals surface area (Å²) in [6, 6.07) is 1.18. The van der Waals surface area contributed by atoms with Gasteiger partial charge in [-0.2, -0.15) is 4.39 Å². The third-order valence-electron chi connectivity index (χ3n) is 1.92. The molecule has 1 aromatic heterocycles. The predicted octanol–water partition coefficient (Wildman–Crippen LogP) is 3.03. The number of nitrogens with zero attached hydrogens (tertiary/aromatic N) is 1. The summed E-state index contributed by atoms with van der Waals surface area (Å²) in [5, 5.41) is 0. The summed E-state index contributed by atoms with van der Waals surface area (Å²) in [4.78, 5) is 14.4. The number of rotatable bonds is 4. The Morgan fingerprint density at radius 3 is 2.76 bits per heavy atom. The Balaban J connectivity index is 3.08. The fourth-order valence-corrected chi connectivity index (χ4v) is 1.72. The number of pyridine rings is 1. The molecule has 0 saturated carbocycles. The Bertz CT molecular complexity index is 426. The highest BCUT2D eigenvalue weighted by molar-refractivity contribution is 9.10. The van der Waals surface area contributed by atoms with Gasteiger partial charge in [0.2, 0.25) is 5.95 Å². The summed E-state index contributed by atoms with van der Waals surface area (Å²) >= 11 is 2.88. The first-order chi connectivity index (χ1) is 7.95. The minimum atomic E-state index is -3.03. The van der Waals surface area contributed by atoms with E-state index in [1.165, 1.54) is 6.07 Å². The first-order valence-corrected chi connectivity index (χ1v) is 5.53. The number of halogens is 4. The Kier molecular flexibility index (Phi) is 4.92. The highest BCUT2D eigenvalue weighted by Crippen LogP contribution is 2.27. The largest absolute Gasteiger partial charge is 0.466 e. The van der Waals surface area contributed by atoms with Crippen LogP contribution in [0.5, 0.6) is 0 Å². The van der Waals surface area contributed by atoms with E-state index in [0.29, 0.717) is 0 Å². The molecule has 0 aliphatic heterocycles. The van der Waals surface area contributed by atoms with Crippen molar-refractivity contribution in [3.8, 4) is 0 Å². The van der Waals surface area contributed by atoms with Crippen LogP contribution in [0.3, 0.4) is 0 Å². The standard InChI is InChI=1S/C10H9BrF3NO2/c1-2-17-7(16)4-5-3-6(11)15-10(14)8(5)9(12)13/h3,9H,2,4H2,1H3. The molecule has 0 atom stereocenters. The Morgan fingerprint density at radius 1 is 1.59 bits per heavy atom. The van der Waals surface area contributed by atoms with Crippen LogP contribution in [-0.4, -0.2) is 17.6 Å². The summed E-state index contributed by atoms with van der Waals surface area (Å²) in [6.45, 7) is 1.73. The highest BCUT2D eigenvalue weighted by Gasteiger charge is 2.22. The van der Waals surface area contributed by atoms with E-state index in [-0.39, 0.29) is 16.8 Å². The molecule has 0 fully saturated rings. The number of carbonyl (C=O) groups excluding carboxylic acids is 1. The van der Waals surface area contributed by atoms with E-state index in [1.54, 1.807) is 6.92 Å². The molecule has 0 bridgehead atoms. The first-order valence-electron chi connectivity index (χ1n) is 4.74. The molecule has 94 valence electrons. The normalized spacial score (nSPS) is 10.7. The fraction of sp³-hybridized carbons (Fsp3) is 0.400. The van der Waals surface area contributed by atoms with Gasteiger partial charge in [0.15, 0.2) is 0 Å². The van der Waals surface area contributed by atoms with Gasteiger partial charge in [0, 0.05) is 0 Å². The van der Waals surface area contributed by atoms with Gasteiger partial charge in [0.25, 0.3) is 6.43 Å².